The number of hydrogen-bond donors (Lipinski definition) is 0. The number of likely N-dealkylation sites (N-methyl/N-ethyl adjacent to an activating group) is 1. The molecule has 2 fully saturated rings. The number of hydrogen-bond acceptors (Lipinski definition) is 7. The maximum absolute atomic E-state index is 13.8. The van der Waals surface area contributed by atoms with Crippen molar-refractivity contribution in [2.75, 3.05) is 45.4 Å². The molecule has 3 aromatic rings. The second kappa shape index (κ2) is 9.99. The first-order chi connectivity index (χ1) is 17.1. The van der Waals surface area contributed by atoms with Crippen LogP contribution in [0.2, 0.25) is 0 Å². The number of carbonyl (C=O) groups excluding carboxylic acids is 1. The van der Waals surface area contributed by atoms with Crippen molar-refractivity contribution in [2.24, 2.45) is 5.92 Å². The molecule has 0 bridgehead atoms. The van der Waals surface area contributed by atoms with E-state index < -0.39 is 0 Å². The summed E-state index contributed by atoms with van der Waals surface area (Å²) in [5.41, 5.74) is 2.63. The van der Waals surface area contributed by atoms with Crippen molar-refractivity contribution in [2.45, 2.75) is 24.8 Å². The van der Waals surface area contributed by atoms with Gasteiger partial charge in [-0.3, -0.25) is 4.79 Å². The van der Waals surface area contributed by atoms with E-state index in [1.807, 2.05) is 30.1 Å². The minimum Gasteiger partial charge on any atom is -0.495 e. The summed E-state index contributed by atoms with van der Waals surface area (Å²) >= 11 is 0. The summed E-state index contributed by atoms with van der Waals surface area (Å²) in [6.07, 6.45) is 3.11. The van der Waals surface area contributed by atoms with Gasteiger partial charge in [0.25, 0.3) is 0 Å². The summed E-state index contributed by atoms with van der Waals surface area (Å²) < 4.78 is 26.5. The molecule has 0 spiro atoms. The van der Waals surface area contributed by atoms with Gasteiger partial charge >= 0.3 is 0 Å². The Balaban J connectivity index is 1.50. The molecule has 184 valence electrons. The highest BCUT2D eigenvalue weighted by atomic mass is 19.1. The molecule has 3 atom stereocenters. The van der Waals surface area contributed by atoms with Crippen molar-refractivity contribution in [3.05, 3.63) is 60.2 Å². The predicted octanol–water partition coefficient (Wildman–Crippen LogP) is 2.67. The quantitative estimate of drug-likeness (QED) is 0.536. The summed E-state index contributed by atoms with van der Waals surface area (Å²) in [5, 5.41) is 11.5. The first-order valence-electron chi connectivity index (χ1n) is 11.8. The molecular weight excluding hydrogens is 451 g/mol. The van der Waals surface area contributed by atoms with E-state index in [-0.39, 0.29) is 29.6 Å². The molecular formula is C25H29FN6O3. The number of benzene rings is 2. The Kier molecular flexibility index (Phi) is 6.63. The Morgan fingerprint density at radius 3 is 2.60 bits per heavy atom. The van der Waals surface area contributed by atoms with E-state index in [0.717, 1.165) is 29.8 Å². The molecule has 0 N–H and O–H groups in total. The number of carbonyl (C=O) groups is 1. The predicted molar refractivity (Wildman–Crippen MR) is 127 cm³/mol. The van der Waals surface area contributed by atoms with E-state index in [4.69, 9.17) is 9.47 Å². The summed E-state index contributed by atoms with van der Waals surface area (Å²) in [6, 6.07) is 12.3. The van der Waals surface area contributed by atoms with Crippen LogP contribution in [0.4, 0.5) is 10.1 Å². The van der Waals surface area contributed by atoms with Gasteiger partial charge in [-0.15, -0.1) is 5.10 Å². The third kappa shape index (κ3) is 4.58. The molecule has 0 radical (unpaired) electrons. The fraction of sp³-hybridized carbons (Fsp3) is 0.440. The van der Waals surface area contributed by atoms with Gasteiger partial charge in [0.2, 0.25) is 5.91 Å². The number of aromatic nitrogens is 4. The smallest absolute Gasteiger partial charge is 0.226 e. The van der Waals surface area contributed by atoms with Crippen molar-refractivity contribution in [1.29, 1.82) is 0 Å². The van der Waals surface area contributed by atoms with Gasteiger partial charge in [0.05, 0.1) is 31.7 Å². The molecule has 35 heavy (non-hydrogen) atoms. The van der Waals surface area contributed by atoms with Gasteiger partial charge in [0.15, 0.2) is 0 Å². The zero-order valence-corrected chi connectivity index (χ0v) is 19.9. The van der Waals surface area contributed by atoms with Crippen molar-refractivity contribution in [3.8, 4) is 11.4 Å². The minimum absolute atomic E-state index is 0.00785. The molecule has 1 aliphatic heterocycles. The fourth-order valence-electron chi connectivity index (χ4n) is 5.40. The molecule has 2 heterocycles. The van der Waals surface area contributed by atoms with Crippen molar-refractivity contribution < 1.29 is 18.7 Å². The minimum atomic E-state index is -0.288. The fourth-order valence-corrected chi connectivity index (χ4v) is 5.40. The second-order valence-corrected chi connectivity index (χ2v) is 8.99. The lowest BCUT2D eigenvalue weighted by molar-refractivity contribution is -0.140. The maximum Gasteiger partial charge on any atom is 0.226 e. The molecule has 2 aliphatic rings. The van der Waals surface area contributed by atoms with Gasteiger partial charge in [-0.2, -0.15) is 0 Å². The summed E-state index contributed by atoms with van der Waals surface area (Å²) in [5.74, 6) is 0.277. The Morgan fingerprint density at radius 2 is 1.91 bits per heavy atom. The van der Waals surface area contributed by atoms with Crippen LogP contribution in [0, 0.1) is 11.7 Å². The van der Waals surface area contributed by atoms with Crippen LogP contribution in [0.3, 0.4) is 0 Å². The molecule has 9 nitrogen and oxygen atoms in total. The van der Waals surface area contributed by atoms with Crippen molar-refractivity contribution >= 4 is 11.6 Å². The first-order valence-corrected chi connectivity index (χ1v) is 11.8. The van der Waals surface area contributed by atoms with E-state index in [0.29, 0.717) is 32.1 Å². The van der Waals surface area contributed by atoms with Crippen LogP contribution < -0.4 is 9.64 Å². The standard InChI is InChI=1S/C25H29FN6O3/c1-30(22-15-19(7-10-23(22)34-2)32-16-27-28-29-32)21-9-8-20(25(33)31-11-13-35-14-12-31)24(21)17-3-5-18(26)6-4-17/h3-7,10,15-16,20-21,24H,8-9,11-14H2,1-2H3. The van der Waals surface area contributed by atoms with E-state index in [2.05, 4.69) is 20.4 Å². The lowest BCUT2D eigenvalue weighted by atomic mass is 9.85. The van der Waals surface area contributed by atoms with Crippen molar-refractivity contribution in [1.82, 2.24) is 25.1 Å². The van der Waals surface area contributed by atoms with E-state index in [9.17, 15) is 9.18 Å². The van der Waals surface area contributed by atoms with Crippen molar-refractivity contribution in [3.63, 3.8) is 0 Å². The Hall–Kier alpha value is -3.53. The Morgan fingerprint density at radius 1 is 1.14 bits per heavy atom. The first kappa shape index (κ1) is 23.2. The lowest BCUT2D eigenvalue weighted by Gasteiger charge is -2.36. The highest BCUT2D eigenvalue weighted by Crippen LogP contribution is 2.46. The number of methoxy groups -OCH3 is 1. The number of anilines is 1. The molecule has 2 aromatic carbocycles. The van der Waals surface area contributed by atoms with Crippen LogP contribution in [0.15, 0.2) is 48.8 Å². The zero-order chi connectivity index (χ0) is 24.4. The number of rotatable bonds is 6. The molecule has 3 unspecified atom stereocenters. The molecule has 10 heteroatoms. The van der Waals surface area contributed by atoms with Crippen LogP contribution in [-0.4, -0.2) is 77.5 Å². The van der Waals surface area contributed by atoms with Gasteiger partial charge in [-0.1, -0.05) is 12.1 Å². The Bertz CT molecular complexity index is 1150. The second-order valence-electron chi connectivity index (χ2n) is 8.99. The highest BCUT2D eigenvalue weighted by molar-refractivity contribution is 5.81. The van der Waals surface area contributed by atoms with Crippen LogP contribution in [0.25, 0.3) is 5.69 Å². The Labute approximate surface area is 203 Å². The lowest BCUT2D eigenvalue weighted by Crippen LogP contribution is -2.45. The van der Waals surface area contributed by atoms with Gasteiger partial charge in [-0.05, 0) is 59.2 Å². The third-order valence-electron chi connectivity index (χ3n) is 7.17. The molecule has 1 saturated carbocycles. The van der Waals surface area contributed by atoms with Gasteiger partial charge in [0, 0.05) is 38.0 Å². The number of tetrazole rings is 1. The number of amides is 1. The topological polar surface area (TPSA) is 85.6 Å². The summed E-state index contributed by atoms with van der Waals surface area (Å²) in [6.45, 7) is 2.33. The number of nitrogens with zero attached hydrogens (tertiary/aromatic N) is 6. The SMILES string of the molecule is COc1ccc(-n2cnnn2)cc1N(C)C1CCC(C(=O)N2CCOCC2)C1c1ccc(F)cc1. The normalized spacial score (nSPS) is 22.3. The average molecular weight is 481 g/mol. The number of ether oxygens (including phenoxy) is 2. The molecule has 5 rings (SSSR count). The number of morpholine rings is 1. The van der Waals surface area contributed by atoms with E-state index in [1.54, 1.807) is 30.3 Å². The summed E-state index contributed by atoms with van der Waals surface area (Å²) in [4.78, 5) is 17.7. The molecule has 1 saturated heterocycles. The van der Waals surface area contributed by atoms with E-state index in [1.165, 1.54) is 12.1 Å². The van der Waals surface area contributed by atoms with Crippen LogP contribution >= 0.6 is 0 Å². The molecule has 1 amide bonds. The molecule has 1 aromatic heterocycles. The van der Waals surface area contributed by atoms with Gasteiger partial charge < -0.3 is 19.3 Å². The zero-order valence-electron chi connectivity index (χ0n) is 19.9. The monoisotopic (exact) mass is 480 g/mol. The third-order valence-corrected chi connectivity index (χ3v) is 7.17. The molecule has 1 aliphatic carbocycles. The summed E-state index contributed by atoms with van der Waals surface area (Å²) in [7, 11) is 3.66. The maximum atomic E-state index is 13.8. The average Bonchev–Trinajstić information content (AvgIpc) is 3.59. The van der Waals surface area contributed by atoms with Crippen LogP contribution in [0.1, 0.15) is 24.3 Å². The van der Waals surface area contributed by atoms with Gasteiger partial charge in [-0.25, -0.2) is 9.07 Å². The van der Waals surface area contributed by atoms with Gasteiger partial charge in [0.1, 0.15) is 17.9 Å². The largest absolute Gasteiger partial charge is 0.495 e. The highest BCUT2D eigenvalue weighted by Gasteiger charge is 2.45. The number of halogens is 1. The van der Waals surface area contributed by atoms with Crippen LogP contribution in [-0.2, 0) is 9.53 Å². The van der Waals surface area contributed by atoms with Crippen LogP contribution in [0.5, 0.6) is 5.75 Å². The van der Waals surface area contributed by atoms with E-state index >= 15 is 0 Å².